The molecule has 120 valence electrons. The van der Waals surface area contributed by atoms with E-state index in [-0.39, 0.29) is 0 Å². The summed E-state index contributed by atoms with van der Waals surface area (Å²) in [6.07, 6.45) is 0. The Kier molecular flexibility index (Phi) is 8.03. The summed E-state index contributed by atoms with van der Waals surface area (Å²) in [5.74, 6) is 0. The predicted molar refractivity (Wildman–Crippen MR) is 88.3 cm³/mol. The van der Waals surface area contributed by atoms with Crippen molar-refractivity contribution in [2.24, 2.45) is 0 Å². The maximum Gasteiger partial charge on any atom is 0.0195 e. The highest BCUT2D eigenvalue weighted by Crippen LogP contribution is 2.08. The molecule has 0 radical (unpaired) electrons. The van der Waals surface area contributed by atoms with Gasteiger partial charge in [0.2, 0.25) is 0 Å². The van der Waals surface area contributed by atoms with Gasteiger partial charge in [0.05, 0.1) is 0 Å². The van der Waals surface area contributed by atoms with Gasteiger partial charge in [-0.05, 0) is 40.8 Å². The summed E-state index contributed by atoms with van der Waals surface area (Å²) >= 11 is 0. The number of rotatable bonds is 2. The molecule has 0 unspecified atom stereocenters. The minimum absolute atomic E-state index is 0.716. The van der Waals surface area contributed by atoms with Crippen LogP contribution in [-0.4, -0.2) is 73.2 Å². The fraction of sp³-hybridized carbons (Fsp3) is 1.00. The predicted octanol–water partition coefficient (Wildman–Crippen LogP) is 1.38. The van der Waals surface area contributed by atoms with Crippen LogP contribution in [0.4, 0.5) is 0 Å². The SMILES string of the molecule is CCN1[C@@H](C)CNC[C@@H]1C.CCN1[C@H](C)CNC[C@H]1C. The molecule has 20 heavy (non-hydrogen) atoms. The van der Waals surface area contributed by atoms with E-state index in [9.17, 15) is 0 Å². The Bertz CT molecular complexity index is 213. The molecule has 0 aromatic carbocycles. The maximum absolute atomic E-state index is 3.41. The lowest BCUT2D eigenvalue weighted by Gasteiger charge is -2.38. The Balaban J connectivity index is 0.000000200. The van der Waals surface area contributed by atoms with Crippen molar-refractivity contribution < 1.29 is 0 Å². The normalized spacial score (nSPS) is 36.3. The lowest BCUT2D eigenvalue weighted by atomic mass is 10.1. The monoisotopic (exact) mass is 284 g/mol. The first-order valence-corrected chi connectivity index (χ1v) is 8.44. The molecule has 0 saturated carbocycles. The topological polar surface area (TPSA) is 30.5 Å². The molecule has 2 aliphatic heterocycles. The second kappa shape index (κ2) is 8.98. The highest BCUT2D eigenvalue weighted by atomic mass is 15.2. The highest BCUT2D eigenvalue weighted by Gasteiger charge is 2.22. The van der Waals surface area contributed by atoms with Crippen molar-refractivity contribution in [3.8, 4) is 0 Å². The van der Waals surface area contributed by atoms with E-state index < -0.39 is 0 Å². The van der Waals surface area contributed by atoms with Crippen molar-refractivity contribution in [2.75, 3.05) is 39.3 Å². The number of nitrogens with one attached hydrogen (secondary N) is 2. The van der Waals surface area contributed by atoms with Gasteiger partial charge in [-0.2, -0.15) is 0 Å². The molecule has 0 spiro atoms. The molecule has 2 aliphatic rings. The third kappa shape index (κ3) is 4.99. The third-order valence-electron chi connectivity index (χ3n) is 4.75. The van der Waals surface area contributed by atoms with Crippen molar-refractivity contribution in [1.82, 2.24) is 20.4 Å². The Morgan fingerprint density at radius 1 is 0.650 bits per heavy atom. The number of piperazine rings is 2. The van der Waals surface area contributed by atoms with Crippen LogP contribution in [0.25, 0.3) is 0 Å². The van der Waals surface area contributed by atoms with Gasteiger partial charge in [0.25, 0.3) is 0 Å². The van der Waals surface area contributed by atoms with Gasteiger partial charge in [0, 0.05) is 50.3 Å². The summed E-state index contributed by atoms with van der Waals surface area (Å²) in [5, 5.41) is 6.81. The fourth-order valence-electron chi connectivity index (χ4n) is 3.59. The van der Waals surface area contributed by atoms with Crippen LogP contribution in [0.2, 0.25) is 0 Å². The molecule has 2 N–H and O–H groups in total. The van der Waals surface area contributed by atoms with Gasteiger partial charge >= 0.3 is 0 Å². The van der Waals surface area contributed by atoms with Crippen molar-refractivity contribution in [3.05, 3.63) is 0 Å². The van der Waals surface area contributed by atoms with Crippen LogP contribution in [0.5, 0.6) is 0 Å². The highest BCUT2D eigenvalue weighted by molar-refractivity contribution is 4.81. The lowest BCUT2D eigenvalue weighted by Crippen LogP contribution is -2.54. The van der Waals surface area contributed by atoms with Crippen LogP contribution in [0, 0.1) is 0 Å². The Hall–Kier alpha value is -0.160. The summed E-state index contributed by atoms with van der Waals surface area (Å²) in [6.45, 7) is 20.6. The smallest absolute Gasteiger partial charge is 0.0195 e. The summed E-state index contributed by atoms with van der Waals surface area (Å²) in [5.41, 5.74) is 0. The Morgan fingerprint density at radius 2 is 0.900 bits per heavy atom. The van der Waals surface area contributed by atoms with E-state index in [4.69, 9.17) is 0 Å². The molecule has 0 bridgehead atoms. The second-order valence-electron chi connectivity index (χ2n) is 6.37. The summed E-state index contributed by atoms with van der Waals surface area (Å²) < 4.78 is 0. The van der Waals surface area contributed by atoms with Gasteiger partial charge in [0.1, 0.15) is 0 Å². The number of likely N-dealkylation sites (N-methyl/N-ethyl adjacent to an activating group) is 2. The van der Waals surface area contributed by atoms with Crippen molar-refractivity contribution in [3.63, 3.8) is 0 Å². The molecule has 4 nitrogen and oxygen atoms in total. The zero-order valence-corrected chi connectivity index (χ0v) is 14.4. The van der Waals surface area contributed by atoms with Crippen molar-refractivity contribution >= 4 is 0 Å². The number of hydrogen-bond donors (Lipinski definition) is 2. The van der Waals surface area contributed by atoms with E-state index in [0.717, 1.165) is 26.2 Å². The first kappa shape index (κ1) is 17.9. The molecule has 0 aliphatic carbocycles. The van der Waals surface area contributed by atoms with Crippen LogP contribution >= 0.6 is 0 Å². The molecule has 2 saturated heterocycles. The van der Waals surface area contributed by atoms with Gasteiger partial charge in [-0.15, -0.1) is 0 Å². The average molecular weight is 284 g/mol. The molecule has 2 fully saturated rings. The van der Waals surface area contributed by atoms with Gasteiger partial charge in [-0.3, -0.25) is 9.80 Å². The number of nitrogens with zero attached hydrogens (tertiary/aromatic N) is 2. The maximum atomic E-state index is 3.41. The molecule has 4 atom stereocenters. The van der Waals surface area contributed by atoms with Crippen LogP contribution in [0.1, 0.15) is 41.5 Å². The van der Waals surface area contributed by atoms with Crippen molar-refractivity contribution in [1.29, 1.82) is 0 Å². The second-order valence-corrected chi connectivity index (χ2v) is 6.37. The zero-order valence-electron chi connectivity index (χ0n) is 14.4. The quantitative estimate of drug-likeness (QED) is 0.802. The largest absolute Gasteiger partial charge is 0.314 e. The minimum Gasteiger partial charge on any atom is -0.314 e. The van der Waals surface area contributed by atoms with Crippen LogP contribution in [-0.2, 0) is 0 Å². The molecular weight excluding hydrogens is 248 g/mol. The first-order chi connectivity index (χ1) is 9.51. The summed E-state index contributed by atoms with van der Waals surface area (Å²) in [4.78, 5) is 5.08. The molecular formula is C16H36N4. The summed E-state index contributed by atoms with van der Waals surface area (Å²) in [6, 6.07) is 2.87. The van der Waals surface area contributed by atoms with Crippen LogP contribution < -0.4 is 10.6 Å². The van der Waals surface area contributed by atoms with Gasteiger partial charge in [-0.1, -0.05) is 13.8 Å². The van der Waals surface area contributed by atoms with E-state index in [1.54, 1.807) is 0 Å². The zero-order chi connectivity index (χ0) is 15.1. The molecule has 2 heterocycles. The van der Waals surface area contributed by atoms with Gasteiger partial charge < -0.3 is 10.6 Å². The standard InChI is InChI=1S/2C8H18N2/c2*1-4-10-7(2)5-9-6-8(10)3/h2*7-9H,4-6H2,1-3H3/t2*7-,8-/m10/s1. The Labute approximate surface area is 126 Å². The minimum atomic E-state index is 0.716. The van der Waals surface area contributed by atoms with Crippen LogP contribution in [0.3, 0.4) is 0 Å². The van der Waals surface area contributed by atoms with Gasteiger partial charge in [-0.25, -0.2) is 0 Å². The van der Waals surface area contributed by atoms with E-state index in [0.29, 0.717) is 24.2 Å². The van der Waals surface area contributed by atoms with E-state index in [1.807, 2.05) is 0 Å². The fourth-order valence-corrected chi connectivity index (χ4v) is 3.59. The first-order valence-electron chi connectivity index (χ1n) is 8.44. The molecule has 4 heteroatoms. The van der Waals surface area contributed by atoms with E-state index >= 15 is 0 Å². The summed E-state index contributed by atoms with van der Waals surface area (Å²) in [7, 11) is 0. The van der Waals surface area contributed by atoms with E-state index in [1.165, 1.54) is 13.1 Å². The molecule has 0 amide bonds. The molecule has 0 aromatic heterocycles. The Morgan fingerprint density at radius 3 is 1.05 bits per heavy atom. The average Bonchev–Trinajstić information content (AvgIpc) is 2.40. The van der Waals surface area contributed by atoms with E-state index in [2.05, 4.69) is 62.0 Å². The molecule has 0 aromatic rings. The molecule has 2 rings (SSSR count). The van der Waals surface area contributed by atoms with Crippen LogP contribution in [0.15, 0.2) is 0 Å². The third-order valence-corrected chi connectivity index (χ3v) is 4.75. The van der Waals surface area contributed by atoms with Gasteiger partial charge in [0.15, 0.2) is 0 Å². The number of hydrogen-bond acceptors (Lipinski definition) is 4. The van der Waals surface area contributed by atoms with Crippen molar-refractivity contribution in [2.45, 2.75) is 65.7 Å². The lowest BCUT2D eigenvalue weighted by molar-refractivity contribution is 0.124.